The number of rotatable bonds is 11. The van der Waals surface area contributed by atoms with E-state index in [0.29, 0.717) is 0 Å². The highest BCUT2D eigenvalue weighted by atomic mass is 16.5. The Morgan fingerprint density at radius 3 is 0.828 bits per heavy atom. The maximum atomic E-state index is 5.53. The van der Waals surface area contributed by atoms with Crippen LogP contribution in [0, 0.1) is 27.7 Å². The van der Waals surface area contributed by atoms with Crippen LogP contribution in [0.4, 0.5) is 34.1 Å². The molecule has 0 radical (unpaired) electrons. The van der Waals surface area contributed by atoms with Crippen LogP contribution in [-0.2, 0) is 0 Å². The first-order valence-electron chi connectivity index (χ1n) is 19.7. The second kappa shape index (κ2) is 16.6. The number of benzene rings is 8. The van der Waals surface area contributed by atoms with Crippen LogP contribution < -0.4 is 19.3 Å². The summed E-state index contributed by atoms with van der Waals surface area (Å²) >= 11 is 0. The Bertz CT molecular complexity index is 2400. The molecule has 286 valence electrons. The number of hydrogen-bond donors (Lipinski definition) is 0. The molecule has 0 N–H and O–H groups in total. The van der Waals surface area contributed by atoms with Crippen molar-refractivity contribution < 1.29 is 9.47 Å². The monoisotopic (exact) mass is 756 g/mol. The van der Waals surface area contributed by atoms with Crippen molar-refractivity contribution in [1.82, 2.24) is 0 Å². The molecule has 0 saturated carbocycles. The van der Waals surface area contributed by atoms with Gasteiger partial charge in [-0.05, 0) is 180 Å². The predicted octanol–water partition coefficient (Wildman–Crippen LogP) is 14.9. The molecule has 0 heterocycles. The summed E-state index contributed by atoms with van der Waals surface area (Å²) in [5, 5.41) is 0. The zero-order valence-electron chi connectivity index (χ0n) is 34.0. The van der Waals surface area contributed by atoms with Crippen LogP contribution in [0.2, 0.25) is 0 Å². The first-order valence-corrected chi connectivity index (χ1v) is 19.7. The molecular formula is C54H48N2O2. The van der Waals surface area contributed by atoms with Gasteiger partial charge in [0.25, 0.3) is 0 Å². The topological polar surface area (TPSA) is 24.9 Å². The van der Waals surface area contributed by atoms with E-state index < -0.39 is 0 Å². The molecule has 0 spiro atoms. The quantitative estimate of drug-likeness (QED) is 0.131. The normalized spacial score (nSPS) is 10.9. The largest absolute Gasteiger partial charge is 0.497 e. The molecule has 0 fully saturated rings. The molecule has 0 aliphatic carbocycles. The number of hydrogen-bond acceptors (Lipinski definition) is 4. The van der Waals surface area contributed by atoms with Gasteiger partial charge in [-0.2, -0.15) is 0 Å². The molecule has 8 aromatic carbocycles. The van der Waals surface area contributed by atoms with Gasteiger partial charge in [0, 0.05) is 34.1 Å². The highest BCUT2D eigenvalue weighted by molar-refractivity contribution is 5.87. The number of ether oxygens (including phenoxy) is 2. The summed E-state index contributed by atoms with van der Waals surface area (Å²) in [4.78, 5) is 4.66. The lowest BCUT2D eigenvalue weighted by Gasteiger charge is -2.29. The molecular weight excluding hydrogens is 709 g/mol. The molecule has 0 aromatic heterocycles. The van der Waals surface area contributed by atoms with Gasteiger partial charge in [-0.15, -0.1) is 0 Å². The van der Waals surface area contributed by atoms with Crippen molar-refractivity contribution >= 4 is 34.1 Å². The Kier molecular flexibility index (Phi) is 10.8. The first-order chi connectivity index (χ1) is 28.3. The summed E-state index contributed by atoms with van der Waals surface area (Å²) in [6.07, 6.45) is 0. The Morgan fingerprint density at radius 1 is 0.293 bits per heavy atom. The summed E-state index contributed by atoms with van der Waals surface area (Å²) < 4.78 is 11.1. The molecule has 0 aliphatic heterocycles. The minimum absolute atomic E-state index is 0.829. The fourth-order valence-corrected chi connectivity index (χ4v) is 8.15. The maximum Gasteiger partial charge on any atom is 0.119 e. The van der Waals surface area contributed by atoms with Gasteiger partial charge in [-0.3, -0.25) is 0 Å². The fourth-order valence-electron chi connectivity index (χ4n) is 8.15. The number of methoxy groups -OCH3 is 2. The molecule has 0 atom stereocenters. The van der Waals surface area contributed by atoms with Crippen LogP contribution in [0.25, 0.3) is 33.4 Å². The summed E-state index contributed by atoms with van der Waals surface area (Å²) in [7, 11) is 3.41. The Hall–Kier alpha value is -7.04. The van der Waals surface area contributed by atoms with E-state index in [1.54, 1.807) is 14.2 Å². The van der Waals surface area contributed by atoms with Gasteiger partial charge in [0.1, 0.15) is 11.5 Å². The molecule has 0 saturated heterocycles. The van der Waals surface area contributed by atoms with Crippen molar-refractivity contribution in [3.05, 3.63) is 204 Å². The van der Waals surface area contributed by atoms with Crippen molar-refractivity contribution in [2.75, 3.05) is 24.0 Å². The molecule has 8 rings (SSSR count). The van der Waals surface area contributed by atoms with E-state index in [2.05, 4.69) is 195 Å². The lowest BCUT2D eigenvalue weighted by molar-refractivity contribution is 0.414. The van der Waals surface area contributed by atoms with Crippen molar-refractivity contribution in [3.8, 4) is 44.9 Å². The van der Waals surface area contributed by atoms with Crippen LogP contribution in [0.5, 0.6) is 11.5 Å². The van der Waals surface area contributed by atoms with Crippen LogP contribution in [0.15, 0.2) is 182 Å². The van der Waals surface area contributed by atoms with E-state index in [-0.39, 0.29) is 0 Å². The molecule has 0 unspecified atom stereocenters. The Labute approximate surface area is 343 Å². The zero-order chi connectivity index (χ0) is 40.2. The van der Waals surface area contributed by atoms with Gasteiger partial charge < -0.3 is 19.3 Å². The molecule has 8 aromatic rings. The van der Waals surface area contributed by atoms with E-state index in [1.165, 1.54) is 55.6 Å². The van der Waals surface area contributed by atoms with E-state index in [9.17, 15) is 0 Å². The highest BCUT2D eigenvalue weighted by Gasteiger charge is 2.21. The predicted molar refractivity (Wildman–Crippen MR) is 244 cm³/mol. The summed E-state index contributed by atoms with van der Waals surface area (Å²) in [5.74, 6) is 1.66. The van der Waals surface area contributed by atoms with E-state index in [1.807, 2.05) is 24.3 Å². The van der Waals surface area contributed by atoms with Crippen LogP contribution in [0.3, 0.4) is 0 Å². The van der Waals surface area contributed by atoms with E-state index in [4.69, 9.17) is 9.47 Å². The lowest BCUT2D eigenvalue weighted by Crippen LogP contribution is -2.12. The average molecular weight is 757 g/mol. The molecule has 4 nitrogen and oxygen atoms in total. The van der Waals surface area contributed by atoms with Gasteiger partial charge in [0.2, 0.25) is 0 Å². The number of nitrogens with zero attached hydrogens (tertiary/aromatic N) is 2. The molecule has 0 aliphatic rings. The van der Waals surface area contributed by atoms with Gasteiger partial charge in [0.05, 0.1) is 14.2 Å². The second-order valence-corrected chi connectivity index (χ2v) is 14.8. The van der Waals surface area contributed by atoms with Crippen LogP contribution >= 0.6 is 0 Å². The zero-order valence-corrected chi connectivity index (χ0v) is 34.0. The van der Waals surface area contributed by atoms with Crippen molar-refractivity contribution in [2.45, 2.75) is 27.7 Å². The summed E-state index contributed by atoms with van der Waals surface area (Å²) in [6, 6.07) is 64.6. The van der Waals surface area contributed by atoms with Crippen molar-refractivity contribution in [3.63, 3.8) is 0 Å². The van der Waals surface area contributed by atoms with Gasteiger partial charge in [0.15, 0.2) is 0 Å². The standard InChI is InChI=1S/C54H48N2O2/c1-37-33-49(55(47-25-29-51(57-5)30-26-47)45-21-17-43(18-22-45)41-13-9-7-10-14-41)34-38(2)53(37)54-39(3)35-50(36-40(54)4)56(48-27-31-52(58-6)32-28-48)46-23-19-44(20-24-46)42-15-11-8-12-16-42/h7-36H,1-6H3. The third-order valence-electron chi connectivity index (χ3n) is 10.9. The summed E-state index contributed by atoms with van der Waals surface area (Å²) in [6.45, 7) is 8.95. The number of anilines is 6. The van der Waals surface area contributed by atoms with Crippen LogP contribution in [-0.4, -0.2) is 14.2 Å². The fraction of sp³-hybridized carbons (Fsp3) is 0.111. The van der Waals surface area contributed by atoms with Gasteiger partial charge in [-0.1, -0.05) is 84.9 Å². The Morgan fingerprint density at radius 2 is 0.552 bits per heavy atom. The minimum Gasteiger partial charge on any atom is -0.497 e. The first kappa shape index (κ1) is 37.9. The van der Waals surface area contributed by atoms with Crippen molar-refractivity contribution in [2.24, 2.45) is 0 Å². The molecule has 4 heteroatoms. The van der Waals surface area contributed by atoms with E-state index >= 15 is 0 Å². The van der Waals surface area contributed by atoms with Crippen molar-refractivity contribution in [1.29, 1.82) is 0 Å². The maximum absolute atomic E-state index is 5.53. The molecule has 58 heavy (non-hydrogen) atoms. The second-order valence-electron chi connectivity index (χ2n) is 14.8. The van der Waals surface area contributed by atoms with E-state index in [0.717, 1.165) is 45.6 Å². The average Bonchev–Trinajstić information content (AvgIpc) is 3.26. The summed E-state index contributed by atoms with van der Waals surface area (Å²) in [5.41, 5.74) is 18.7. The van der Waals surface area contributed by atoms with Crippen LogP contribution in [0.1, 0.15) is 22.3 Å². The smallest absolute Gasteiger partial charge is 0.119 e. The minimum atomic E-state index is 0.829. The third-order valence-corrected chi connectivity index (χ3v) is 10.9. The molecule has 0 bridgehead atoms. The molecule has 0 amide bonds. The lowest BCUT2D eigenvalue weighted by atomic mass is 9.88. The van der Waals surface area contributed by atoms with Gasteiger partial charge in [-0.25, -0.2) is 0 Å². The number of aryl methyl sites for hydroxylation is 4. The third kappa shape index (κ3) is 7.70. The SMILES string of the molecule is COc1ccc(N(c2ccc(-c3ccccc3)cc2)c2cc(C)c(-c3c(C)cc(N(c4ccc(OC)cc4)c4ccc(-c5ccccc5)cc4)cc3C)c(C)c2)cc1. The van der Waals surface area contributed by atoms with Gasteiger partial charge >= 0.3 is 0 Å². The Balaban J connectivity index is 1.18. The highest BCUT2D eigenvalue weighted by Crippen LogP contribution is 2.44.